The normalized spacial score (nSPS) is 10.2. The summed E-state index contributed by atoms with van der Waals surface area (Å²) in [6.07, 6.45) is 0. The average molecular weight is 378 g/mol. The largest absolute Gasteiger partial charge is 0.495 e. The maximum atomic E-state index is 12.0. The predicted molar refractivity (Wildman–Crippen MR) is 99.0 cm³/mol. The van der Waals surface area contributed by atoms with Crippen LogP contribution in [0, 0.1) is 13.8 Å². The van der Waals surface area contributed by atoms with E-state index in [-0.39, 0.29) is 6.61 Å². The number of carbonyl (C=O) groups excluding carboxylic acids is 2. The number of methoxy groups -OCH3 is 1. The van der Waals surface area contributed by atoms with E-state index in [9.17, 15) is 9.59 Å². The lowest BCUT2D eigenvalue weighted by molar-refractivity contribution is -0.149. The van der Waals surface area contributed by atoms with Crippen molar-refractivity contribution in [2.45, 2.75) is 13.8 Å². The van der Waals surface area contributed by atoms with E-state index >= 15 is 0 Å². The van der Waals surface area contributed by atoms with Crippen LogP contribution in [0.3, 0.4) is 0 Å². The molecule has 0 aromatic heterocycles. The summed E-state index contributed by atoms with van der Waals surface area (Å²) >= 11 is 5.93. The smallest absolute Gasteiger partial charge is 0.344 e. The molecule has 0 spiro atoms. The molecule has 0 fully saturated rings. The lowest BCUT2D eigenvalue weighted by Crippen LogP contribution is -2.23. The average Bonchev–Trinajstić information content (AvgIpc) is 2.61. The highest BCUT2D eigenvalue weighted by molar-refractivity contribution is 6.31. The number of ether oxygens (including phenoxy) is 3. The molecule has 7 heteroatoms. The monoisotopic (exact) mass is 377 g/mol. The summed E-state index contributed by atoms with van der Waals surface area (Å²) in [5.41, 5.74) is 2.32. The van der Waals surface area contributed by atoms with Crippen molar-refractivity contribution in [1.29, 1.82) is 0 Å². The lowest BCUT2D eigenvalue weighted by atomic mass is 10.2. The number of carbonyl (C=O) groups is 2. The first kappa shape index (κ1) is 19.6. The van der Waals surface area contributed by atoms with E-state index in [2.05, 4.69) is 5.32 Å². The van der Waals surface area contributed by atoms with Crippen molar-refractivity contribution in [2.24, 2.45) is 0 Å². The Morgan fingerprint density at radius 3 is 2.54 bits per heavy atom. The second-order valence-electron chi connectivity index (χ2n) is 5.61. The summed E-state index contributed by atoms with van der Waals surface area (Å²) in [7, 11) is 1.51. The fraction of sp³-hybridized carbons (Fsp3) is 0.263. The Labute approximate surface area is 157 Å². The molecule has 0 saturated heterocycles. The van der Waals surface area contributed by atoms with Crippen molar-refractivity contribution in [1.82, 2.24) is 0 Å². The van der Waals surface area contributed by atoms with E-state index in [0.717, 1.165) is 11.1 Å². The summed E-state index contributed by atoms with van der Waals surface area (Å²) in [4.78, 5) is 23.7. The van der Waals surface area contributed by atoms with Gasteiger partial charge in [-0.1, -0.05) is 17.7 Å². The van der Waals surface area contributed by atoms with Crippen LogP contribution >= 0.6 is 11.6 Å². The molecule has 26 heavy (non-hydrogen) atoms. The van der Waals surface area contributed by atoms with Gasteiger partial charge in [0.15, 0.2) is 13.2 Å². The Morgan fingerprint density at radius 2 is 1.85 bits per heavy atom. The standard InChI is InChI=1S/C19H20ClNO5/c1-12-4-7-17(24-3)16(8-12)21-18(22)10-26-19(23)11-25-14-5-6-15(20)13(2)9-14/h4-9H,10-11H2,1-3H3,(H,21,22). The molecule has 0 aliphatic rings. The van der Waals surface area contributed by atoms with Crippen molar-refractivity contribution in [2.75, 3.05) is 25.6 Å². The molecule has 0 radical (unpaired) electrons. The number of benzene rings is 2. The van der Waals surface area contributed by atoms with E-state index < -0.39 is 18.5 Å². The van der Waals surface area contributed by atoms with Crippen LogP contribution in [-0.4, -0.2) is 32.2 Å². The van der Waals surface area contributed by atoms with Crippen LogP contribution in [0.5, 0.6) is 11.5 Å². The Hall–Kier alpha value is -2.73. The molecule has 0 aliphatic carbocycles. The fourth-order valence-electron chi connectivity index (χ4n) is 2.14. The highest BCUT2D eigenvalue weighted by Crippen LogP contribution is 2.25. The molecule has 1 N–H and O–H groups in total. The van der Waals surface area contributed by atoms with Gasteiger partial charge in [-0.15, -0.1) is 0 Å². The summed E-state index contributed by atoms with van der Waals surface area (Å²) < 4.78 is 15.4. The van der Waals surface area contributed by atoms with Crippen LogP contribution in [-0.2, 0) is 14.3 Å². The predicted octanol–water partition coefficient (Wildman–Crippen LogP) is 3.53. The minimum absolute atomic E-state index is 0.303. The third-order valence-corrected chi connectivity index (χ3v) is 3.90. The van der Waals surface area contributed by atoms with Crippen molar-refractivity contribution in [3.05, 3.63) is 52.5 Å². The number of hydrogen-bond acceptors (Lipinski definition) is 5. The van der Waals surface area contributed by atoms with Gasteiger partial charge in [-0.25, -0.2) is 4.79 Å². The number of rotatable bonds is 7. The number of halogens is 1. The number of hydrogen-bond donors (Lipinski definition) is 1. The van der Waals surface area contributed by atoms with Gasteiger partial charge in [-0.3, -0.25) is 4.79 Å². The van der Waals surface area contributed by atoms with Crippen LogP contribution in [0.4, 0.5) is 5.69 Å². The van der Waals surface area contributed by atoms with Crippen molar-refractivity contribution in [3.63, 3.8) is 0 Å². The van der Waals surface area contributed by atoms with Gasteiger partial charge in [0.25, 0.3) is 5.91 Å². The Kier molecular flexibility index (Phi) is 6.86. The van der Waals surface area contributed by atoms with Gasteiger partial charge in [0.1, 0.15) is 11.5 Å². The molecule has 6 nitrogen and oxygen atoms in total. The first-order valence-electron chi connectivity index (χ1n) is 7.88. The number of amides is 1. The fourth-order valence-corrected chi connectivity index (χ4v) is 2.26. The van der Waals surface area contributed by atoms with Crippen LogP contribution in [0.25, 0.3) is 0 Å². The minimum Gasteiger partial charge on any atom is -0.495 e. The maximum Gasteiger partial charge on any atom is 0.344 e. The first-order valence-corrected chi connectivity index (χ1v) is 8.26. The highest BCUT2D eigenvalue weighted by Gasteiger charge is 2.11. The molecule has 1 amide bonds. The summed E-state index contributed by atoms with van der Waals surface area (Å²) in [5, 5.41) is 3.26. The molecule has 0 saturated carbocycles. The zero-order valence-electron chi connectivity index (χ0n) is 14.8. The second-order valence-corrected chi connectivity index (χ2v) is 6.02. The van der Waals surface area contributed by atoms with E-state index in [1.54, 1.807) is 30.3 Å². The third-order valence-electron chi connectivity index (χ3n) is 3.48. The van der Waals surface area contributed by atoms with Gasteiger partial charge in [-0.2, -0.15) is 0 Å². The first-order chi connectivity index (χ1) is 12.4. The summed E-state index contributed by atoms with van der Waals surface area (Å²) in [5.74, 6) is -0.0944. The number of esters is 1. The zero-order valence-corrected chi connectivity index (χ0v) is 15.6. The molecule has 2 aromatic carbocycles. The number of nitrogens with one attached hydrogen (secondary N) is 1. The quantitative estimate of drug-likeness (QED) is 0.747. The van der Waals surface area contributed by atoms with Crippen LogP contribution < -0.4 is 14.8 Å². The second kappa shape index (κ2) is 9.10. The van der Waals surface area contributed by atoms with Gasteiger partial charge in [0.2, 0.25) is 0 Å². The SMILES string of the molecule is COc1ccc(C)cc1NC(=O)COC(=O)COc1ccc(Cl)c(C)c1. The van der Waals surface area contributed by atoms with Gasteiger partial charge in [-0.05, 0) is 55.3 Å². The van der Waals surface area contributed by atoms with Crippen LogP contribution in [0.15, 0.2) is 36.4 Å². The number of anilines is 1. The molecule has 0 aliphatic heterocycles. The maximum absolute atomic E-state index is 12.0. The topological polar surface area (TPSA) is 73.9 Å². The highest BCUT2D eigenvalue weighted by atomic mass is 35.5. The lowest BCUT2D eigenvalue weighted by Gasteiger charge is -2.11. The molecule has 2 rings (SSSR count). The van der Waals surface area contributed by atoms with Gasteiger partial charge in [0, 0.05) is 5.02 Å². The van der Waals surface area contributed by atoms with Crippen LogP contribution in [0.2, 0.25) is 5.02 Å². The Morgan fingerprint density at radius 1 is 1.08 bits per heavy atom. The molecular formula is C19H20ClNO5. The van der Waals surface area contributed by atoms with E-state index in [4.69, 9.17) is 25.8 Å². The van der Waals surface area contributed by atoms with Crippen LogP contribution in [0.1, 0.15) is 11.1 Å². The molecule has 0 heterocycles. The summed E-state index contributed by atoms with van der Waals surface area (Å²) in [6, 6.07) is 10.4. The van der Waals surface area contributed by atoms with E-state index in [1.807, 2.05) is 19.9 Å². The van der Waals surface area contributed by atoms with Gasteiger partial charge < -0.3 is 19.5 Å². The van der Waals surface area contributed by atoms with Gasteiger partial charge >= 0.3 is 5.97 Å². The molecule has 138 valence electrons. The van der Waals surface area contributed by atoms with E-state index in [0.29, 0.717) is 22.2 Å². The molecular weight excluding hydrogens is 358 g/mol. The number of aryl methyl sites for hydroxylation is 2. The Balaban J connectivity index is 1.80. The van der Waals surface area contributed by atoms with Crippen molar-refractivity contribution < 1.29 is 23.8 Å². The Bertz CT molecular complexity index is 807. The van der Waals surface area contributed by atoms with E-state index in [1.165, 1.54) is 7.11 Å². The zero-order chi connectivity index (χ0) is 19.1. The molecule has 2 aromatic rings. The van der Waals surface area contributed by atoms with Crippen molar-refractivity contribution in [3.8, 4) is 11.5 Å². The summed E-state index contributed by atoms with van der Waals surface area (Å²) in [6.45, 7) is 3.00. The minimum atomic E-state index is -0.649. The van der Waals surface area contributed by atoms with Crippen molar-refractivity contribution >= 4 is 29.2 Å². The molecule has 0 atom stereocenters. The molecule has 0 unspecified atom stereocenters. The third kappa shape index (κ3) is 5.67. The molecule has 0 bridgehead atoms. The van der Waals surface area contributed by atoms with Gasteiger partial charge in [0.05, 0.1) is 12.8 Å².